The fraction of sp³-hybridized carbons (Fsp3) is 0.533. The molecule has 6 heteroatoms. The molecule has 2 atom stereocenters. The van der Waals surface area contributed by atoms with Gasteiger partial charge in [-0.15, -0.1) is 0 Å². The third-order valence-electron chi connectivity index (χ3n) is 3.48. The highest BCUT2D eigenvalue weighted by Crippen LogP contribution is 2.22. The van der Waals surface area contributed by atoms with Crippen molar-refractivity contribution in [3.63, 3.8) is 0 Å². The standard InChI is InChI=1S/C15H21ClN2O3/c1-11-14(17-7-9-20-11)15(19)18(2)8-10-21-13-6-4-3-5-12(13)16/h3-6,11,14,17H,7-10H2,1-2H3/t11-,14+/m1/s1. The van der Waals surface area contributed by atoms with Crippen molar-refractivity contribution in [2.75, 3.05) is 33.4 Å². The SMILES string of the molecule is C[C@H]1OCCN[C@@H]1C(=O)N(C)CCOc1ccccc1Cl. The second kappa shape index (κ2) is 7.64. The molecule has 1 saturated heterocycles. The number of nitrogens with one attached hydrogen (secondary N) is 1. The summed E-state index contributed by atoms with van der Waals surface area (Å²) < 4.78 is 11.1. The number of amides is 1. The zero-order valence-corrected chi connectivity index (χ0v) is 13.1. The Morgan fingerprint density at radius 2 is 2.29 bits per heavy atom. The van der Waals surface area contributed by atoms with Crippen LogP contribution in [0.4, 0.5) is 0 Å². The second-order valence-electron chi connectivity index (χ2n) is 5.05. The van der Waals surface area contributed by atoms with Gasteiger partial charge in [-0.1, -0.05) is 23.7 Å². The van der Waals surface area contributed by atoms with E-state index in [-0.39, 0.29) is 18.1 Å². The zero-order valence-electron chi connectivity index (χ0n) is 12.3. The Morgan fingerprint density at radius 3 is 3.00 bits per heavy atom. The molecule has 1 fully saturated rings. The highest BCUT2D eigenvalue weighted by molar-refractivity contribution is 6.32. The molecular formula is C15H21ClN2O3. The molecule has 0 radical (unpaired) electrons. The third-order valence-corrected chi connectivity index (χ3v) is 3.79. The topological polar surface area (TPSA) is 50.8 Å². The van der Waals surface area contributed by atoms with Gasteiger partial charge in [0.2, 0.25) is 5.91 Å². The summed E-state index contributed by atoms with van der Waals surface area (Å²) in [5.74, 6) is 0.650. The Kier molecular flexibility index (Phi) is 5.85. The van der Waals surface area contributed by atoms with E-state index in [1.54, 1.807) is 18.0 Å². The number of morpholine rings is 1. The van der Waals surface area contributed by atoms with Gasteiger partial charge >= 0.3 is 0 Å². The third kappa shape index (κ3) is 4.33. The minimum Gasteiger partial charge on any atom is -0.490 e. The quantitative estimate of drug-likeness (QED) is 0.896. The molecule has 1 heterocycles. The van der Waals surface area contributed by atoms with Crippen molar-refractivity contribution >= 4 is 17.5 Å². The Labute approximate surface area is 130 Å². The molecule has 1 aliphatic heterocycles. The normalized spacial score (nSPS) is 21.9. The van der Waals surface area contributed by atoms with Crippen molar-refractivity contribution in [3.05, 3.63) is 29.3 Å². The van der Waals surface area contributed by atoms with Crippen LogP contribution < -0.4 is 10.1 Å². The smallest absolute Gasteiger partial charge is 0.242 e. The first-order valence-electron chi connectivity index (χ1n) is 7.07. The Hall–Kier alpha value is -1.30. The summed E-state index contributed by atoms with van der Waals surface area (Å²) >= 11 is 6.01. The molecule has 1 amide bonds. The predicted octanol–water partition coefficient (Wildman–Crippen LogP) is 1.55. The fourth-order valence-electron chi connectivity index (χ4n) is 2.21. The van der Waals surface area contributed by atoms with Crippen LogP contribution in [0.5, 0.6) is 5.75 Å². The highest BCUT2D eigenvalue weighted by Gasteiger charge is 2.30. The van der Waals surface area contributed by atoms with Crippen LogP contribution in [0, 0.1) is 0 Å². The van der Waals surface area contributed by atoms with Crippen LogP contribution in [-0.2, 0) is 9.53 Å². The number of benzene rings is 1. The molecule has 1 aromatic carbocycles. The number of likely N-dealkylation sites (N-methyl/N-ethyl adjacent to an activating group) is 1. The van der Waals surface area contributed by atoms with E-state index in [9.17, 15) is 4.79 Å². The van der Waals surface area contributed by atoms with Crippen molar-refractivity contribution in [3.8, 4) is 5.75 Å². The maximum Gasteiger partial charge on any atom is 0.242 e. The Bertz CT molecular complexity index is 484. The molecule has 116 valence electrons. The minimum atomic E-state index is -0.288. The first-order valence-corrected chi connectivity index (χ1v) is 7.44. The van der Waals surface area contributed by atoms with Crippen LogP contribution in [0.2, 0.25) is 5.02 Å². The molecule has 0 aliphatic carbocycles. The summed E-state index contributed by atoms with van der Waals surface area (Å²) in [5.41, 5.74) is 0. The molecule has 0 bridgehead atoms. The molecule has 2 rings (SSSR count). The van der Waals surface area contributed by atoms with E-state index in [0.29, 0.717) is 37.1 Å². The average Bonchev–Trinajstić information content (AvgIpc) is 2.49. The predicted molar refractivity (Wildman–Crippen MR) is 81.8 cm³/mol. The number of nitrogens with zero attached hydrogens (tertiary/aromatic N) is 1. The monoisotopic (exact) mass is 312 g/mol. The number of hydrogen-bond acceptors (Lipinski definition) is 4. The van der Waals surface area contributed by atoms with E-state index in [1.165, 1.54) is 0 Å². The maximum atomic E-state index is 12.3. The lowest BCUT2D eigenvalue weighted by Crippen LogP contribution is -2.56. The van der Waals surface area contributed by atoms with E-state index >= 15 is 0 Å². The number of rotatable bonds is 5. The molecule has 0 aromatic heterocycles. The van der Waals surface area contributed by atoms with E-state index in [1.807, 2.05) is 25.1 Å². The van der Waals surface area contributed by atoms with Gasteiger partial charge in [-0.3, -0.25) is 4.79 Å². The molecule has 0 unspecified atom stereocenters. The molecule has 1 aromatic rings. The van der Waals surface area contributed by atoms with Crippen LogP contribution in [-0.4, -0.2) is 56.3 Å². The van der Waals surface area contributed by atoms with E-state index in [2.05, 4.69) is 5.32 Å². The van der Waals surface area contributed by atoms with Crippen molar-refractivity contribution in [2.45, 2.75) is 19.1 Å². The van der Waals surface area contributed by atoms with Gasteiger partial charge in [-0.25, -0.2) is 0 Å². The van der Waals surface area contributed by atoms with Crippen LogP contribution in [0.15, 0.2) is 24.3 Å². The van der Waals surface area contributed by atoms with Gasteiger partial charge in [0.15, 0.2) is 0 Å². The van der Waals surface area contributed by atoms with E-state index in [0.717, 1.165) is 0 Å². The maximum absolute atomic E-state index is 12.3. The highest BCUT2D eigenvalue weighted by atomic mass is 35.5. The number of halogens is 1. The molecule has 0 saturated carbocycles. The first kappa shape index (κ1) is 16.1. The summed E-state index contributed by atoms with van der Waals surface area (Å²) in [6.07, 6.45) is -0.113. The minimum absolute atomic E-state index is 0.0185. The van der Waals surface area contributed by atoms with Crippen LogP contribution >= 0.6 is 11.6 Å². The fourth-order valence-corrected chi connectivity index (χ4v) is 2.40. The first-order chi connectivity index (χ1) is 10.1. The molecule has 5 nitrogen and oxygen atoms in total. The lowest BCUT2D eigenvalue weighted by atomic mass is 10.1. The number of carbonyl (C=O) groups is 1. The van der Waals surface area contributed by atoms with E-state index in [4.69, 9.17) is 21.1 Å². The Balaban J connectivity index is 1.80. The lowest BCUT2D eigenvalue weighted by Gasteiger charge is -2.32. The number of ether oxygens (including phenoxy) is 2. The summed E-state index contributed by atoms with van der Waals surface area (Å²) in [5, 5.41) is 3.76. The van der Waals surface area contributed by atoms with Crippen molar-refractivity contribution < 1.29 is 14.3 Å². The van der Waals surface area contributed by atoms with Gasteiger partial charge in [-0.05, 0) is 19.1 Å². The van der Waals surface area contributed by atoms with Gasteiger partial charge < -0.3 is 19.7 Å². The van der Waals surface area contributed by atoms with Crippen molar-refractivity contribution in [1.29, 1.82) is 0 Å². The summed E-state index contributed by atoms with van der Waals surface area (Å²) in [6, 6.07) is 7.01. The molecule has 21 heavy (non-hydrogen) atoms. The van der Waals surface area contributed by atoms with Crippen molar-refractivity contribution in [2.24, 2.45) is 0 Å². The van der Waals surface area contributed by atoms with Crippen molar-refractivity contribution in [1.82, 2.24) is 10.2 Å². The van der Waals surface area contributed by atoms with Gasteiger partial charge in [-0.2, -0.15) is 0 Å². The number of para-hydroxylation sites is 1. The summed E-state index contributed by atoms with van der Waals surface area (Å²) in [6.45, 7) is 4.14. The van der Waals surface area contributed by atoms with E-state index < -0.39 is 0 Å². The zero-order chi connectivity index (χ0) is 15.2. The molecule has 1 N–H and O–H groups in total. The molecular weight excluding hydrogens is 292 g/mol. The van der Waals surface area contributed by atoms with Gasteiger partial charge in [0.25, 0.3) is 0 Å². The number of hydrogen-bond donors (Lipinski definition) is 1. The number of carbonyl (C=O) groups excluding carboxylic acids is 1. The molecule has 0 spiro atoms. The summed E-state index contributed by atoms with van der Waals surface area (Å²) in [4.78, 5) is 14.0. The van der Waals surface area contributed by atoms with Crippen LogP contribution in [0.1, 0.15) is 6.92 Å². The second-order valence-corrected chi connectivity index (χ2v) is 5.45. The lowest BCUT2D eigenvalue weighted by molar-refractivity contribution is -0.138. The van der Waals surface area contributed by atoms with Crippen LogP contribution in [0.3, 0.4) is 0 Å². The van der Waals surface area contributed by atoms with Gasteiger partial charge in [0.1, 0.15) is 18.4 Å². The van der Waals surface area contributed by atoms with Crippen LogP contribution in [0.25, 0.3) is 0 Å². The molecule has 1 aliphatic rings. The summed E-state index contributed by atoms with van der Waals surface area (Å²) in [7, 11) is 1.77. The van der Waals surface area contributed by atoms with Gasteiger partial charge in [0.05, 0.1) is 24.3 Å². The average molecular weight is 313 g/mol. The Morgan fingerprint density at radius 1 is 1.52 bits per heavy atom. The van der Waals surface area contributed by atoms with Gasteiger partial charge in [0, 0.05) is 13.6 Å². The largest absolute Gasteiger partial charge is 0.490 e.